The number of likely N-dealkylation sites (tertiary alicyclic amines) is 1. The SMILES string of the molecule is C=CC(=O)N1C[C@H](Oc2nc(OC[C@@]34CCCN3C[C@H](F)C4)nc3c(F)c(-c4ccc(F)c5sc(N)c(C#N)c45)c(C(F)(F)F)cc23)C[C@@H]1COC. The molecule has 2 aromatic carbocycles. The Morgan fingerprint density at radius 2 is 2.06 bits per heavy atom. The molecule has 0 spiro atoms. The number of nitrogens with two attached hydrogens (primary N) is 1. The van der Waals surface area contributed by atoms with Crippen LogP contribution < -0.4 is 15.2 Å². The van der Waals surface area contributed by atoms with Crippen LogP contribution in [0.25, 0.3) is 32.1 Å². The van der Waals surface area contributed by atoms with Crippen LogP contribution in [0.5, 0.6) is 11.9 Å². The lowest BCUT2D eigenvalue weighted by Crippen LogP contribution is -2.43. The Balaban J connectivity index is 1.41. The van der Waals surface area contributed by atoms with Crippen molar-refractivity contribution in [2.45, 2.75) is 55.7 Å². The number of rotatable bonds is 9. The van der Waals surface area contributed by atoms with Gasteiger partial charge in [-0.1, -0.05) is 12.6 Å². The van der Waals surface area contributed by atoms with E-state index in [1.54, 1.807) is 6.07 Å². The molecule has 17 heteroatoms. The second-order valence-electron chi connectivity index (χ2n) is 13.2. The van der Waals surface area contributed by atoms with E-state index in [1.807, 2.05) is 4.90 Å². The maximum atomic E-state index is 17.0. The summed E-state index contributed by atoms with van der Waals surface area (Å²) in [6, 6.07) is 3.38. The third-order valence-electron chi connectivity index (χ3n) is 10.1. The summed E-state index contributed by atoms with van der Waals surface area (Å²) in [4.78, 5) is 24.6. The zero-order chi connectivity index (χ0) is 37.1. The minimum absolute atomic E-state index is 0.00665. The van der Waals surface area contributed by atoms with Crippen LogP contribution in [0.2, 0.25) is 0 Å². The number of thiophene rings is 1. The number of nitrogens with zero attached hydrogens (tertiary/aromatic N) is 5. The average molecular weight is 747 g/mol. The van der Waals surface area contributed by atoms with Crippen LogP contribution >= 0.6 is 11.3 Å². The van der Waals surface area contributed by atoms with Crippen LogP contribution in [0.4, 0.5) is 31.3 Å². The third kappa shape index (κ3) is 6.05. The van der Waals surface area contributed by atoms with Gasteiger partial charge < -0.3 is 24.8 Å². The Labute approximate surface area is 297 Å². The van der Waals surface area contributed by atoms with E-state index in [4.69, 9.17) is 19.9 Å². The highest BCUT2D eigenvalue weighted by Crippen LogP contribution is 2.48. The Kier molecular flexibility index (Phi) is 9.20. The van der Waals surface area contributed by atoms with E-state index in [-0.39, 0.29) is 59.8 Å². The number of carbonyl (C=O) groups excluding carboxylic acids is 1. The molecule has 0 unspecified atom stereocenters. The molecule has 2 aromatic heterocycles. The van der Waals surface area contributed by atoms with Gasteiger partial charge in [0.2, 0.25) is 11.8 Å². The predicted molar refractivity (Wildman–Crippen MR) is 180 cm³/mol. The van der Waals surface area contributed by atoms with Crippen molar-refractivity contribution in [1.82, 2.24) is 19.8 Å². The van der Waals surface area contributed by atoms with Crippen molar-refractivity contribution in [2.24, 2.45) is 0 Å². The molecular weight excluding hydrogens is 714 g/mol. The number of nitriles is 1. The van der Waals surface area contributed by atoms with Gasteiger partial charge in [-0.2, -0.15) is 28.4 Å². The lowest BCUT2D eigenvalue weighted by molar-refractivity contribution is -0.137. The van der Waals surface area contributed by atoms with Gasteiger partial charge in [0, 0.05) is 37.4 Å². The summed E-state index contributed by atoms with van der Waals surface area (Å²) < 4.78 is 109. The molecule has 5 heterocycles. The molecule has 0 saturated carbocycles. The molecule has 3 saturated heterocycles. The van der Waals surface area contributed by atoms with E-state index in [0.717, 1.165) is 24.6 Å². The predicted octanol–water partition coefficient (Wildman–Crippen LogP) is 6.40. The molecule has 3 fully saturated rings. The number of amides is 1. The van der Waals surface area contributed by atoms with E-state index < -0.39 is 87.1 Å². The average Bonchev–Trinajstić information content (AvgIpc) is 3.84. The number of halogens is 6. The minimum Gasteiger partial charge on any atom is -0.472 e. The number of methoxy groups -OCH3 is 1. The van der Waals surface area contributed by atoms with Crippen molar-refractivity contribution in [1.29, 1.82) is 5.26 Å². The molecule has 52 heavy (non-hydrogen) atoms. The number of nitrogen functional groups attached to an aromatic ring is 1. The van der Waals surface area contributed by atoms with Crippen LogP contribution in [0.15, 0.2) is 30.9 Å². The highest BCUT2D eigenvalue weighted by molar-refractivity contribution is 7.23. The van der Waals surface area contributed by atoms with Crippen molar-refractivity contribution in [3.05, 3.63) is 53.6 Å². The maximum absolute atomic E-state index is 17.0. The van der Waals surface area contributed by atoms with E-state index in [1.165, 1.54) is 12.0 Å². The van der Waals surface area contributed by atoms with Crippen molar-refractivity contribution in [2.75, 3.05) is 45.7 Å². The monoisotopic (exact) mass is 746 g/mol. The highest BCUT2D eigenvalue weighted by Gasteiger charge is 2.49. The molecule has 4 atom stereocenters. The molecule has 4 aromatic rings. The van der Waals surface area contributed by atoms with E-state index >= 15 is 4.39 Å². The van der Waals surface area contributed by atoms with Crippen molar-refractivity contribution in [3.8, 4) is 29.1 Å². The zero-order valence-corrected chi connectivity index (χ0v) is 28.6. The highest BCUT2D eigenvalue weighted by atomic mass is 32.1. The lowest BCUT2D eigenvalue weighted by Gasteiger charge is -2.30. The van der Waals surface area contributed by atoms with E-state index in [2.05, 4.69) is 16.5 Å². The molecule has 274 valence electrons. The van der Waals surface area contributed by atoms with Gasteiger partial charge in [0.15, 0.2) is 5.82 Å². The summed E-state index contributed by atoms with van der Waals surface area (Å²) in [7, 11) is 1.45. The largest absolute Gasteiger partial charge is 0.472 e. The van der Waals surface area contributed by atoms with Gasteiger partial charge in [-0.05, 0) is 43.2 Å². The molecule has 0 radical (unpaired) electrons. The molecule has 0 aliphatic carbocycles. The summed E-state index contributed by atoms with van der Waals surface area (Å²) in [6.07, 6.45) is -4.14. The van der Waals surface area contributed by atoms with Crippen molar-refractivity contribution >= 4 is 43.2 Å². The Hall–Kier alpha value is -4.66. The molecule has 1 amide bonds. The first-order chi connectivity index (χ1) is 24.8. The molecular formula is C35H32F6N6O4S. The first-order valence-electron chi connectivity index (χ1n) is 16.4. The Bertz CT molecular complexity index is 2140. The van der Waals surface area contributed by atoms with Gasteiger partial charge in [0.05, 0.1) is 45.9 Å². The van der Waals surface area contributed by atoms with Gasteiger partial charge in [-0.3, -0.25) is 9.69 Å². The lowest BCUT2D eigenvalue weighted by atomic mass is 9.92. The van der Waals surface area contributed by atoms with E-state index in [0.29, 0.717) is 30.4 Å². The van der Waals surface area contributed by atoms with Crippen LogP contribution in [-0.2, 0) is 15.7 Å². The summed E-state index contributed by atoms with van der Waals surface area (Å²) in [6.45, 7) is 4.45. The number of hydrogen-bond acceptors (Lipinski definition) is 10. The minimum atomic E-state index is -5.17. The first-order valence-corrected chi connectivity index (χ1v) is 17.2. The molecule has 2 N–H and O–H groups in total. The second kappa shape index (κ2) is 13.4. The van der Waals surface area contributed by atoms with Crippen LogP contribution in [0.3, 0.4) is 0 Å². The first kappa shape index (κ1) is 35.7. The second-order valence-corrected chi connectivity index (χ2v) is 14.3. The summed E-state index contributed by atoms with van der Waals surface area (Å²) in [5.41, 5.74) is 1.49. The number of benzene rings is 2. The number of carbonyl (C=O) groups is 1. The van der Waals surface area contributed by atoms with Crippen molar-refractivity contribution in [3.63, 3.8) is 0 Å². The van der Waals surface area contributed by atoms with Crippen LogP contribution in [-0.4, -0.2) is 89.5 Å². The quantitative estimate of drug-likeness (QED) is 0.153. The van der Waals surface area contributed by atoms with Crippen LogP contribution in [0.1, 0.15) is 36.8 Å². The third-order valence-corrected chi connectivity index (χ3v) is 11.1. The maximum Gasteiger partial charge on any atom is 0.417 e. The fraction of sp³-hybridized carbons (Fsp3) is 0.429. The number of hydrogen-bond donors (Lipinski definition) is 1. The normalized spacial score (nSPS) is 23.3. The molecule has 7 rings (SSSR count). The number of alkyl halides is 4. The number of anilines is 1. The number of aromatic nitrogens is 2. The molecule has 3 aliphatic rings. The number of fused-ring (bicyclic) bond motifs is 3. The topological polar surface area (TPSA) is 127 Å². The number of ether oxygens (including phenoxy) is 3. The van der Waals surface area contributed by atoms with Crippen molar-refractivity contribution < 1.29 is 45.3 Å². The van der Waals surface area contributed by atoms with Gasteiger partial charge in [0.1, 0.15) is 41.3 Å². The molecule has 10 nitrogen and oxygen atoms in total. The van der Waals surface area contributed by atoms with Crippen LogP contribution in [0, 0.1) is 23.0 Å². The fourth-order valence-electron chi connectivity index (χ4n) is 7.83. The molecule has 0 bridgehead atoms. The van der Waals surface area contributed by atoms with Gasteiger partial charge in [-0.15, -0.1) is 11.3 Å². The Morgan fingerprint density at radius 3 is 2.77 bits per heavy atom. The van der Waals surface area contributed by atoms with Gasteiger partial charge in [0.25, 0.3) is 0 Å². The van der Waals surface area contributed by atoms with E-state index in [9.17, 15) is 32.0 Å². The fourth-order valence-corrected chi connectivity index (χ4v) is 8.78. The van der Waals surface area contributed by atoms with Gasteiger partial charge in [-0.25, -0.2) is 13.2 Å². The summed E-state index contributed by atoms with van der Waals surface area (Å²) in [5, 5.41) is 8.94. The zero-order valence-electron chi connectivity index (χ0n) is 27.7. The summed E-state index contributed by atoms with van der Waals surface area (Å²) >= 11 is 0.654. The smallest absolute Gasteiger partial charge is 0.417 e. The molecule has 3 aliphatic heterocycles. The summed E-state index contributed by atoms with van der Waals surface area (Å²) in [5.74, 6) is -3.17. The standard InChI is InChI=1S/C35H32F6N6O4S/c1-3-25(48)47-14-19(9-18(47)15-49-2)51-32-21-10-23(35(39,40)41)27(20-5-6-24(37)30-26(20)22(12-42)31(43)52-30)28(38)29(21)44-33(45-32)50-16-34-7-4-8-46(34)13-17(36)11-34/h3,5-6,10,17-19H,1,4,7-9,11,13-16,43H2,2H3/t17-,18-,19-,34+/m1/s1. The van der Waals surface area contributed by atoms with Gasteiger partial charge >= 0.3 is 12.2 Å². The Morgan fingerprint density at radius 1 is 1.27 bits per heavy atom.